The van der Waals surface area contributed by atoms with Gasteiger partial charge in [-0.15, -0.1) is 0 Å². The van der Waals surface area contributed by atoms with E-state index in [-0.39, 0.29) is 0 Å². The van der Waals surface area contributed by atoms with Gasteiger partial charge in [0.05, 0.1) is 0 Å². The minimum absolute atomic E-state index is 0.474. The van der Waals surface area contributed by atoms with Crippen molar-refractivity contribution in [3.63, 3.8) is 0 Å². The van der Waals surface area contributed by atoms with E-state index in [0.29, 0.717) is 11.1 Å². The maximum Gasteiger partial charge on any atom is 0.330 e. The molecule has 0 spiro atoms. The van der Waals surface area contributed by atoms with Crippen LogP contribution in [-0.2, 0) is 4.79 Å². The highest BCUT2D eigenvalue weighted by Gasteiger charge is 2.01. The van der Waals surface area contributed by atoms with Crippen LogP contribution >= 0.6 is 0 Å². The van der Waals surface area contributed by atoms with Crippen LogP contribution in [0.3, 0.4) is 0 Å². The van der Waals surface area contributed by atoms with Gasteiger partial charge in [0.25, 0.3) is 0 Å². The van der Waals surface area contributed by atoms with Gasteiger partial charge < -0.3 is 5.11 Å². The summed E-state index contributed by atoms with van der Waals surface area (Å²) in [5, 5.41) is 8.47. The highest BCUT2D eigenvalue weighted by atomic mass is 28.1. The molecule has 0 rings (SSSR count). The molecule has 0 aromatic rings. The van der Waals surface area contributed by atoms with Crippen LogP contribution in [0.1, 0.15) is 20.3 Å². The van der Waals surface area contributed by atoms with Gasteiger partial charge in [0.1, 0.15) is 0 Å². The van der Waals surface area contributed by atoms with Gasteiger partial charge in [0.2, 0.25) is 0 Å². The van der Waals surface area contributed by atoms with Gasteiger partial charge >= 0.3 is 5.97 Å². The molecule has 0 fully saturated rings. The summed E-state index contributed by atoms with van der Waals surface area (Å²) in [6.45, 7) is 3.71. The van der Waals surface area contributed by atoms with Crippen molar-refractivity contribution >= 4 is 16.2 Å². The fourth-order valence-corrected chi connectivity index (χ4v) is 1.12. The van der Waals surface area contributed by atoms with Crippen LogP contribution in [0.25, 0.3) is 0 Å². The van der Waals surface area contributed by atoms with Gasteiger partial charge in [-0.05, 0) is 12.5 Å². The Labute approximate surface area is 64.4 Å². The van der Waals surface area contributed by atoms with Crippen molar-refractivity contribution in [2.24, 2.45) is 0 Å². The second kappa shape index (κ2) is 4.28. The summed E-state index contributed by atoms with van der Waals surface area (Å²) < 4.78 is 0. The van der Waals surface area contributed by atoms with Gasteiger partial charge in [0, 0.05) is 15.8 Å². The summed E-state index contributed by atoms with van der Waals surface area (Å²) in [4.78, 5) is 10.3. The molecule has 10 heavy (non-hydrogen) atoms. The zero-order valence-corrected chi connectivity index (χ0v) is 8.72. The molecule has 2 nitrogen and oxygen atoms in total. The van der Waals surface area contributed by atoms with Gasteiger partial charge in [-0.1, -0.05) is 19.4 Å². The quantitative estimate of drug-likeness (QED) is 0.482. The molecule has 0 bridgehead atoms. The van der Waals surface area contributed by atoms with Crippen LogP contribution in [0, 0.1) is 0 Å². The van der Waals surface area contributed by atoms with E-state index in [0.717, 1.165) is 16.7 Å². The predicted octanol–water partition coefficient (Wildman–Crippen LogP) is 0.581. The van der Waals surface area contributed by atoms with Crippen LogP contribution < -0.4 is 0 Å². The minimum atomic E-state index is -0.797. The summed E-state index contributed by atoms with van der Waals surface area (Å²) in [5.41, 5.74) is 0.984. The molecular weight excluding hydrogens is 144 g/mol. The van der Waals surface area contributed by atoms with Gasteiger partial charge in [-0.25, -0.2) is 4.79 Å². The molecule has 1 unspecified atom stereocenters. The predicted molar refractivity (Wildman–Crippen MR) is 45.4 cm³/mol. The van der Waals surface area contributed by atoms with Crippen LogP contribution in [-0.4, -0.2) is 21.3 Å². The molecule has 1 atom stereocenters. The van der Waals surface area contributed by atoms with Crippen molar-refractivity contribution in [1.82, 2.24) is 0 Å². The molecule has 58 valence electrons. The Morgan fingerprint density at radius 2 is 2.30 bits per heavy atom. The first-order valence-electron chi connectivity index (χ1n) is 3.49. The van der Waals surface area contributed by atoms with E-state index in [1.54, 1.807) is 6.92 Å². The number of carbonyl (C=O) groups is 1. The molecule has 0 aromatic heterocycles. The second-order valence-corrected chi connectivity index (χ2v) is 4.02. The maximum absolute atomic E-state index is 10.3. The van der Waals surface area contributed by atoms with Crippen molar-refractivity contribution in [3.05, 3.63) is 11.6 Å². The minimum Gasteiger partial charge on any atom is -0.478 e. The number of hydrogen-bond acceptors (Lipinski definition) is 1. The summed E-state index contributed by atoms with van der Waals surface area (Å²) in [7, 11) is 1.04. The molecule has 0 saturated carbocycles. The third-order valence-corrected chi connectivity index (χ3v) is 2.67. The Morgan fingerprint density at radius 3 is 2.60 bits per heavy atom. The van der Waals surface area contributed by atoms with E-state index in [9.17, 15) is 4.79 Å². The van der Waals surface area contributed by atoms with Crippen LogP contribution in [0.4, 0.5) is 0 Å². The average molecular weight is 158 g/mol. The summed E-state index contributed by atoms with van der Waals surface area (Å²) in [6.07, 6.45) is 2.89. The van der Waals surface area contributed by atoms with Crippen molar-refractivity contribution in [3.8, 4) is 0 Å². The fraction of sp³-hybridized carbons (Fsp3) is 0.571. The lowest BCUT2D eigenvalue weighted by molar-refractivity contribution is -0.132. The molecule has 0 aromatic carbocycles. The zero-order chi connectivity index (χ0) is 8.15. The molecule has 0 saturated heterocycles. The molecule has 1 N–H and O–H groups in total. The third kappa shape index (κ3) is 3.45. The first kappa shape index (κ1) is 9.43. The number of carboxylic acids is 1. The number of carboxylic acid groups (broad SMARTS) is 1. The van der Waals surface area contributed by atoms with E-state index in [1.807, 2.05) is 6.08 Å². The first-order valence-corrected chi connectivity index (χ1v) is 4.65. The van der Waals surface area contributed by atoms with E-state index in [1.165, 1.54) is 0 Å². The molecular formula is C7H14O2Si. The van der Waals surface area contributed by atoms with Gasteiger partial charge in [-0.2, -0.15) is 0 Å². The summed E-state index contributed by atoms with van der Waals surface area (Å²) in [6, 6.07) is 0. The Kier molecular flexibility index (Phi) is 4.03. The van der Waals surface area contributed by atoms with E-state index in [4.69, 9.17) is 5.11 Å². The largest absolute Gasteiger partial charge is 0.478 e. The highest BCUT2D eigenvalue weighted by Crippen LogP contribution is 2.09. The van der Waals surface area contributed by atoms with Crippen molar-refractivity contribution in [2.45, 2.75) is 25.8 Å². The number of hydrogen-bond donors (Lipinski definition) is 1. The fourth-order valence-electron chi connectivity index (χ4n) is 0.616. The van der Waals surface area contributed by atoms with Crippen LogP contribution in [0.15, 0.2) is 11.6 Å². The standard InChI is InChI=1S/C7H14O2Si/c1-3-6(10)4-5(2)7(8)9/h4,6H,3H2,1-2,10H3,(H,8,9). The Bertz CT molecular complexity index is 152. The lowest BCUT2D eigenvalue weighted by Crippen LogP contribution is -1.98. The molecule has 0 amide bonds. The van der Waals surface area contributed by atoms with Crippen molar-refractivity contribution in [2.75, 3.05) is 0 Å². The SMILES string of the molecule is CCC([SiH3])C=C(C)C(=O)O. The van der Waals surface area contributed by atoms with Crippen molar-refractivity contribution < 1.29 is 9.90 Å². The lowest BCUT2D eigenvalue weighted by atomic mass is 10.2. The van der Waals surface area contributed by atoms with Crippen LogP contribution in [0.5, 0.6) is 0 Å². The Morgan fingerprint density at radius 1 is 1.80 bits per heavy atom. The molecule has 3 heteroatoms. The molecule has 0 heterocycles. The highest BCUT2D eigenvalue weighted by molar-refractivity contribution is 6.13. The summed E-state index contributed by atoms with van der Waals surface area (Å²) >= 11 is 0. The van der Waals surface area contributed by atoms with E-state index >= 15 is 0 Å². The Balaban J connectivity index is 4.02. The average Bonchev–Trinajstić information content (AvgIpc) is 1.87. The second-order valence-electron chi connectivity index (χ2n) is 2.54. The first-order chi connectivity index (χ1) is 4.57. The van der Waals surface area contributed by atoms with Gasteiger partial charge in [0.15, 0.2) is 0 Å². The topological polar surface area (TPSA) is 37.3 Å². The normalized spacial score (nSPS) is 15.2. The molecule has 0 aliphatic rings. The van der Waals surface area contributed by atoms with E-state index in [2.05, 4.69) is 6.92 Å². The van der Waals surface area contributed by atoms with E-state index < -0.39 is 5.97 Å². The summed E-state index contributed by atoms with van der Waals surface area (Å²) in [5.74, 6) is -0.797. The smallest absolute Gasteiger partial charge is 0.330 e. The van der Waals surface area contributed by atoms with Gasteiger partial charge in [-0.3, -0.25) is 0 Å². The monoisotopic (exact) mass is 158 g/mol. The molecule has 0 radical (unpaired) electrons. The number of aliphatic carboxylic acids is 1. The molecule has 0 aliphatic heterocycles. The zero-order valence-electron chi connectivity index (χ0n) is 6.72. The Hall–Kier alpha value is -0.573. The number of rotatable bonds is 3. The van der Waals surface area contributed by atoms with Crippen LogP contribution in [0.2, 0.25) is 5.54 Å². The maximum atomic E-state index is 10.3. The van der Waals surface area contributed by atoms with Crippen molar-refractivity contribution in [1.29, 1.82) is 0 Å². The molecule has 0 aliphatic carbocycles. The third-order valence-electron chi connectivity index (χ3n) is 1.52. The lowest BCUT2D eigenvalue weighted by Gasteiger charge is -2.00. The number of allylic oxidation sites excluding steroid dienone is 1.